The summed E-state index contributed by atoms with van der Waals surface area (Å²) in [5, 5.41) is 0. The number of esters is 1. The van der Waals surface area contributed by atoms with Crippen LogP contribution < -0.4 is 0 Å². The van der Waals surface area contributed by atoms with Gasteiger partial charge in [-0.15, -0.1) is 0 Å². The Morgan fingerprint density at radius 2 is 2.05 bits per heavy atom. The Labute approximate surface area is 112 Å². The van der Waals surface area contributed by atoms with E-state index in [0.29, 0.717) is 0 Å². The Bertz CT molecular complexity index is 490. The van der Waals surface area contributed by atoms with Crippen LogP contribution in [-0.4, -0.2) is 17.6 Å². The molecule has 19 heavy (non-hydrogen) atoms. The van der Waals surface area contributed by atoms with Crippen LogP contribution in [0.4, 0.5) is 22.0 Å². The minimum absolute atomic E-state index is 0.186. The first kappa shape index (κ1) is 15.8. The Kier molecular flexibility index (Phi) is 4.83. The summed E-state index contributed by atoms with van der Waals surface area (Å²) in [4.78, 5) is 14.5. The molecule has 1 aromatic rings. The van der Waals surface area contributed by atoms with Crippen LogP contribution in [0.2, 0.25) is 0 Å². The van der Waals surface area contributed by atoms with Crippen molar-refractivity contribution < 1.29 is 31.5 Å². The van der Waals surface area contributed by atoms with E-state index in [1.54, 1.807) is 0 Å². The third kappa shape index (κ3) is 3.40. The van der Waals surface area contributed by atoms with Crippen molar-refractivity contribution in [1.29, 1.82) is 0 Å². The lowest BCUT2D eigenvalue weighted by Gasteiger charge is -2.15. The van der Waals surface area contributed by atoms with E-state index in [1.165, 1.54) is 6.92 Å². The number of pyridine rings is 1. The third-order valence-corrected chi connectivity index (χ3v) is 2.84. The summed E-state index contributed by atoms with van der Waals surface area (Å²) in [5.74, 6) is -1.34. The van der Waals surface area contributed by atoms with Gasteiger partial charge in [0.25, 0.3) is 6.43 Å². The SMILES string of the molecule is CCOC(=O)c1c(C(F)(F)F)cnc(C(F)F)c1Br. The Hall–Kier alpha value is -1.25. The fraction of sp³-hybridized carbons (Fsp3) is 0.400. The lowest BCUT2D eigenvalue weighted by Crippen LogP contribution is -2.18. The average Bonchev–Trinajstić information content (AvgIpc) is 2.26. The summed E-state index contributed by atoms with van der Waals surface area (Å²) in [6.07, 6.45) is -7.83. The smallest absolute Gasteiger partial charge is 0.418 e. The molecule has 0 radical (unpaired) electrons. The number of ether oxygens (including phenoxy) is 1. The highest BCUT2D eigenvalue weighted by Crippen LogP contribution is 2.38. The first-order valence-corrected chi connectivity index (χ1v) is 5.70. The third-order valence-electron chi connectivity index (χ3n) is 2.04. The largest absolute Gasteiger partial charge is 0.462 e. The molecule has 1 aromatic heterocycles. The van der Waals surface area contributed by atoms with E-state index in [4.69, 9.17) is 0 Å². The maximum absolute atomic E-state index is 12.7. The molecular weight excluding hydrogens is 341 g/mol. The van der Waals surface area contributed by atoms with E-state index in [0.717, 1.165) is 0 Å². The van der Waals surface area contributed by atoms with E-state index < -0.39 is 39.9 Å². The van der Waals surface area contributed by atoms with Crippen LogP contribution in [0.5, 0.6) is 0 Å². The Morgan fingerprint density at radius 3 is 2.47 bits per heavy atom. The minimum Gasteiger partial charge on any atom is -0.462 e. The van der Waals surface area contributed by atoms with Gasteiger partial charge in [-0.2, -0.15) is 13.2 Å². The minimum atomic E-state index is -4.90. The van der Waals surface area contributed by atoms with Crippen LogP contribution >= 0.6 is 15.9 Å². The number of carbonyl (C=O) groups is 1. The fourth-order valence-electron chi connectivity index (χ4n) is 1.27. The number of halogens is 6. The molecule has 9 heteroatoms. The predicted octanol–water partition coefficient (Wildman–Crippen LogP) is 3.98. The topological polar surface area (TPSA) is 39.2 Å². The van der Waals surface area contributed by atoms with Crippen molar-refractivity contribution in [1.82, 2.24) is 4.98 Å². The Balaban J connectivity index is 3.51. The molecule has 0 saturated carbocycles. The van der Waals surface area contributed by atoms with Crippen molar-refractivity contribution in [2.45, 2.75) is 19.5 Å². The maximum Gasteiger partial charge on any atom is 0.418 e. The van der Waals surface area contributed by atoms with Gasteiger partial charge in [-0.05, 0) is 22.9 Å². The summed E-state index contributed by atoms with van der Waals surface area (Å²) < 4.78 is 67.0. The van der Waals surface area contributed by atoms with Crippen LogP contribution in [0, 0.1) is 0 Å². The zero-order valence-electron chi connectivity index (χ0n) is 9.39. The molecule has 0 aliphatic rings. The molecule has 0 unspecified atom stereocenters. The number of carbonyl (C=O) groups excluding carboxylic acids is 1. The lowest BCUT2D eigenvalue weighted by molar-refractivity contribution is -0.138. The Morgan fingerprint density at radius 1 is 1.47 bits per heavy atom. The lowest BCUT2D eigenvalue weighted by atomic mass is 10.1. The van der Waals surface area contributed by atoms with E-state index >= 15 is 0 Å². The zero-order valence-corrected chi connectivity index (χ0v) is 11.0. The van der Waals surface area contributed by atoms with Gasteiger partial charge in [-0.25, -0.2) is 13.6 Å². The monoisotopic (exact) mass is 347 g/mol. The fourth-order valence-corrected chi connectivity index (χ4v) is 1.92. The highest BCUT2D eigenvalue weighted by molar-refractivity contribution is 9.10. The first-order valence-electron chi connectivity index (χ1n) is 4.91. The number of nitrogens with zero attached hydrogens (tertiary/aromatic N) is 1. The van der Waals surface area contributed by atoms with E-state index in [1.807, 2.05) is 0 Å². The van der Waals surface area contributed by atoms with Crippen molar-refractivity contribution in [2.75, 3.05) is 6.61 Å². The molecule has 1 rings (SSSR count). The van der Waals surface area contributed by atoms with Gasteiger partial charge in [0.1, 0.15) is 5.69 Å². The van der Waals surface area contributed by atoms with Crippen LogP contribution in [0.15, 0.2) is 10.7 Å². The molecule has 1 heterocycles. The molecule has 0 aromatic carbocycles. The van der Waals surface area contributed by atoms with Crippen molar-refractivity contribution in [3.8, 4) is 0 Å². The summed E-state index contributed by atoms with van der Waals surface area (Å²) in [6.45, 7) is 1.20. The van der Waals surface area contributed by atoms with Gasteiger partial charge in [0.05, 0.1) is 22.2 Å². The summed E-state index contributed by atoms with van der Waals surface area (Å²) in [5.41, 5.74) is -3.38. The molecule has 106 valence electrons. The average molecular weight is 348 g/mol. The molecule has 0 saturated heterocycles. The molecule has 0 aliphatic heterocycles. The quantitative estimate of drug-likeness (QED) is 0.613. The molecule has 0 bridgehead atoms. The van der Waals surface area contributed by atoms with E-state index in [-0.39, 0.29) is 12.8 Å². The summed E-state index contributed by atoms with van der Waals surface area (Å²) in [7, 11) is 0. The molecule has 0 spiro atoms. The number of hydrogen-bond acceptors (Lipinski definition) is 3. The molecule has 0 atom stereocenters. The summed E-state index contributed by atoms with van der Waals surface area (Å²) in [6, 6.07) is 0. The normalized spacial score (nSPS) is 11.8. The number of aromatic nitrogens is 1. The number of rotatable bonds is 3. The van der Waals surface area contributed by atoms with Crippen LogP contribution in [0.25, 0.3) is 0 Å². The second-order valence-corrected chi connectivity index (χ2v) is 4.06. The van der Waals surface area contributed by atoms with Crippen LogP contribution in [0.1, 0.15) is 35.0 Å². The predicted molar refractivity (Wildman–Crippen MR) is 57.9 cm³/mol. The zero-order chi connectivity index (χ0) is 14.8. The van der Waals surface area contributed by atoms with Gasteiger partial charge in [-0.1, -0.05) is 0 Å². The second kappa shape index (κ2) is 5.81. The van der Waals surface area contributed by atoms with Crippen LogP contribution in [0.3, 0.4) is 0 Å². The molecule has 0 fully saturated rings. The first-order chi connectivity index (χ1) is 8.70. The van der Waals surface area contributed by atoms with Gasteiger partial charge >= 0.3 is 12.1 Å². The molecular formula is C10H7BrF5NO2. The van der Waals surface area contributed by atoms with Gasteiger partial charge < -0.3 is 4.74 Å². The van der Waals surface area contributed by atoms with Crippen molar-refractivity contribution in [3.05, 3.63) is 27.5 Å². The molecule has 3 nitrogen and oxygen atoms in total. The molecule has 0 amide bonds. The van der Waals surface area contributed by atoms with Gasteiger partial charge in [0, 0.05) is 6.20 Å². The highest BCUT2D eigenvalue weighted by atomic mass is 79.9. The molecule has 0 aliphatic carbocycles. The highest BCUT2D eigenvalue weighted by Gasteiger charge is 2.39. The number of hydrogen-bond donors (Lipinski definition) is 0. The van der Waals surface area contributed by atoms with Gasteiger partial charge in [0.15, 0.2) is 0 Å². The van der Waals surface area contributed by atoms with Gasteiger partial charge in [0.2, 0.25) is 0 Å². The number of alkyl halides is 5. The standard InChI is InChI=1S/C10H7BrF5NO2/c1-2-19-9(18)5-4(10(14,15)16)3-17-7(6(5)11)8(12)13/h3,8H,2H2,1H3. The maximum atomic E-state index is 12.7. The van der Waals surface area contributed by atoms with Crippen molar-refractivity contribution >= 4 is 21.9 Å². The van der Waals surface area contributed by atoms with E-state index in [9.17, 15) is 26.7 Å². The summed E-state index contributed by atoms with van der Waals surface area (Å²) >= 11 is 2.55. The second-order valence-electron chi connectivity index (χ2n) is 3.27. The van der Waals surface area contributed by atoms with E-state index in [2.05, 4.69) is 25.7 Å². The van der Waals surface area contributed by atoms with Gasteiger partial charge in [-0.3, -0.25) is 4.98 Å². The van der Waals surface area contributed by atoms with Crippen LogP contribution in [-0.2, 0) is 10.9 Å². The molecule has 0 N–H and O–H groups in total. The van der Waals surface area contributed by atoms with Crippen molar-refractivity contribution in [2.24, 2.45) is 0 Å². The van der Waals surface area contributed by atoms with Crippen molar-refractivity contribution in [3.63, 3.8) is 0 Å².